The van der Waals surface area contributed by atoms with Crippen molar-refractivity contribution in [1.82, 2.24) is 30.0 Å². The van der Waals surface area contributed by atoms with Crippen molar-refractivity contribution in [3.05, 3.63) is 41.2 Å². The van der Waals surface area contributed by atoms with Crippen LogP contribution in [0, 0.1) is 0 Å². The van der Waals surface area contributed by atoms with Gasteiger partial charge in [0.1, 0.15) is 5.69 Å². The first kappa shape index (κ1) is 14.3. The largest absolute Gasteiger partial charge is 0.331 e. The summed E-state index contributed by atoms with van der Waals surface area (Å²) in [5.41, 5.74) is 3.89. The quantitative estimate of drug-likeness (QED) is 0.914. The lowest BCUT2D eigenvalue weighted by Gasteiger charge is -2.26. The summed E-state index contributed by atoms with van der Waals surface area (Å²) >= 11 is 0. The molecule has 0 atom stereocenters. The summed E-state index contributed by atoms with van der Waals surface area (Å²) < 4.78 is 0. The van der Waals surface area contributed by atoms with E-state index in [1.165, 1.54) is 37.7 Å². The number of rotatable bonds is 3. The Hall–Kier alpha value is -2.28. The maximum Gasteiger partial charge on any atom is 0.274 e. The molecule has 1 amide bonds. The Kier molecular flexibility index (Phi) is 3.78. The Balaban J connectivity index is 1.47. The molecule has 1 N–H and O–H groups in total. The highest BCUT2D eigenvalue weighted by molar-refractivity contribution is 5.92. The van der Waals surface area contributed by atoms with Crippen LogP contribution < -0.4 is 0 Å². The number of likely N-dealkylation sites (tertiary alicyclic amines) is 1. The second-order valence-corrected chi connectivity index (χ2v) is 6.18. The maximum absolute atomic E-state index is 12.5. The van der Waals surface area contributed by atoms with Crippen LogP contribution in [0.5, 0.6) is 0 Å². The molecular formula is C16H20N6O. The smallest absolute Gasteiger partial charge is 0.274 e. The van der Waals surface area contributed by atoms with E-state index in [4.69, 9.17) is 0 Å². The fourth-order valence-corrected chi connectivity index (χ4v) is 3.41. The predicted molar refractivity (Wildman–Crippen MR) is 83.6 cm³/mol. The molecule has 7 heteroatoms. The molecule has 0 aliphatic carbocycles. The second kappa shape index (κ2) is 6.08. The van der Waals surface area contributed by atoms with Crippen LogP contribution in [0.4, 0.5) is 0 Å². The first-order valence-corrected chi connectivity index (χ1v) is 8.14. The summed E-state index contributed by atoms with van der Waals surface area (Å²) in [7, 11) is 0. The van der Waals surface area contributed by atoms with Gasteiger partial charge in [0.2, 0.25) is 0 Å². The number of nitrogens with one attached hydrogen (secondary N) is 1. The molecule has 2 aromatic heterocycles. The van der Waals surface area contributed by atoms with E-state index in [0.29, 0.717) is 18.8 Å². The van der Waals surface area contributed by atoms with Crippen molar-refractivity contribution in [2.45, 2.75) is 32.4 Å². The first-order chi connectivity index (χ1) is 11.3. The number of hydrogen-bond acceptors (Lipinski definition) is 5. The van der Waals surface area contributed by atoms with Crippen LogP contribution in [0.15, 0.2) is 18.6 Å². The van der Waals surface area contributed by atoms with Crippen LogP contribution in [-0.2, 0) is 19.5 Å². The number of aromatic nitrogens is 4. The highest BCUT2D eigenvalue weighted by Gasteiger charge is 2.27. The van der Waals surface area contributed by atoms with E-state index >= 15 is 0 Å². The SMILES string of the molecule is O=C(c1cnccn1)N1CCc2c(CN3CCCC3)n[nH]c2C1. The molecule has 0 unspecified atom stereocenters. The van der Waals surface area contributed by atoms with E-state index in [2.05, 4.69) is 25.1 Å². The molecule has 1 saturated heterocycles. The van der Waals surface area contributed by atoms with Crippen LogP contribution in [-0.4, -0.2) is 55.5 Å². The minimum absolute atomic E-state index is 0.0700. The Morgan fingerprint density at radius 3 is 2.87 bits per heavy atom. The summed E-state index contributed by atoms with van der Waals surface area (Å²) in [6.45, 7) is 4.52. The van der Waals surface area contributed by atoms with Gasteiger partial charge in [0.25, 0.3) is 5.91 Å². The highest BCUT2D eigenvalue weighted by Crippen LogP contribution is 2.23. The zero-order chi connectivity index (χ0) is 15.6. The Labute approximate surface area is 134 Å². The van der Waals surface area contributed by atoms with Crippen molar-refractivity contribution in [1.29, 1.82) is 0 Å². The number of hydrogen-bond donors (Lipinski definition) is 1. The van der Waals surface area contributed by atoms with Gasteiger partial charge in [-0.2, -0.15) is 5.10 Å². The van der Waals surface area contributed by atoms with Gasteiger partial charge in [-0.15, -0.1) is 0 Å². The molecule has 0 radical (unpaired) electrons. The molecular weight excluding hydrogens is 292 g/mol. The number of carbonyl (C=O) groups is 1. The summed E-state index contributed by atoms with van der Waals surface area (Å²) in [6.07, 6.45) is 8.06. The third-order valence-electron chi connectivity index (χ3n) is 4.66. The molecule has 0 saturated carbocycles. The van der Waals surface area contributed by atoms with Gasteiger partial charge in [0.15, 0.2) is 0 Å². The van der Waals surface area contributed by atoms with Crippen molar-refractivity contribution < 1.29 is 4.79 Å². The number of H-pyrrole nitrogens is 1. The lowest BCUT2D eigenvalue weighted by molar-refractivity contribution is 0.0725. The predicted octanol–water partition coefficient (Wildman–Crippen LogP) is 0.994. The molecule has 7 nitrogen and oxygen atoms in total. The molecule has 120 valence electrons. The summed E-state index contributed by atoms with van der Waals surface area (Å²) in [5.74, 6) is -0.0700. The van der Waals surface area contributed by atoms with Gasteiger partial charge in [-0.25, -0.2) is 4.98 Å². The Bertz CT molecular complexity index is 692. The highest BCUT2D eigenvalue weighted by atomic mass is 16.2. The Morgan fingerprint density at radius 2 is 2.09 bits per heavy atom. The number of carbonyl (C=O) groups excluding carboxylic acids is 1. The van der Waals surface area contributed by atoms with Gasteiger partial charge >= 0.3 is 0 Å². The molecule has 2 aliphatic heterocycles. The van der Waals surface area contributed by atoms with E-state index in [0.717, 1.165) is 24.4 Å². The lowest BCUT2D eigenvalue weighted by atomic mass is 10.0. The molecule has 2 aliphatic rings. The monoisotopic (exact) mass is 312 g/mol. The van der Waals surface area contributed by atoms with Crippen LogP contribution in [0.25, 0.3) is 0 Å². The minimum atomic E-state index is -0.0700. The Morgan fingerprint density at radius 1 is 1.22 bits per heavy atom. The van der Waals surface area contributed by atoms with Gasteiger partial charge in [-0.05, 0) is 32.4 Å². The zero-order valence-electron chi connectivity index (χ0n) is 13.0. The topological polar surface area (TPSA) is 78.0 Å². The molecule has 0 bridgehead atoms. The van der Waals surface area contributed by atoms with Crippen molar-refractivity contribution in [2.75, 3.05) is 19.6 Å². The van der Waals surface area contributed by atoms with E-state index in [1.807, 2.05) is 4.90 Å². The van der Waals surface area contributed by atoms with Gasteiger partial charge in [-0.1, -0.05) is 0 Å². The van der Waals surface area contributed by atoms with E-state index < -0.39 is 0 Å². The first-order valence-electron chi connectivity index (χ1n) is 8.14. The number of nitrogens with zero attached hydrogens (tertiary/aromatic N) is 5. The fraction of sp³-hybridized carbons (Fsp3) is 0.500. The third-order valence-corrected chi connectivity index (χ3v) is 4.66. The van der Waals surface area contributed by atoms with E-state index in [-0.39, 0.29) is 5.91 Å². The van der Waals surface area contributed by atoms with Crippen molar-refractivity contribution in [3.8, 4) is 0 Å². The molecule has 0 spiro atoms. The molecule has 4 rings (SSSR count). The molecule has 1 fully saturated rings. The lowest BCUT2D eigenvalue weighted by Crippen LogP contribution is -2.36. The number of fused-ring (bicyclic) bond motifs is 1. The van der Waals surface area contributed by atoms with Crippen molar-refractivity contribution in [2.24, 2.45) is 0 Å². The van der Waals surface area contributed by atoms with E-state index in [9.17, 15) is 4.79 Å². The van der Waals surface area contributed by atoms with Crippen LogP contribution in [0.1, 0.15) is 40.3 Å². The maximum atomic E-state index is 12.5. The van der Waals surface area contributed by atoms with Crippen LogP contribution in [0.3, 0.4) is 0 Å². The molecule has 4 heterocycles. The van der Waals surface area contributed by atoms with Crippen LogP contribution in [0.2, 0.25) is 0 Å². The number of aromatic amines is 1. The minimum Gasteiger partial charge on any atom is -0.331 e. The number of amides is 1. The third kappa shape index (κ3) is 2.84. The van der Waals surface area contributed by atoms with Crippen molar-refractivity contribution in [3.63, 3.8) is 0 Å². The average molecular weight is 312 g/mol. The van der Waals surface area contributed by atoms with Gasteiger partial charge < -0.3 is 4.90 Å². The summed E-state index contributed by atoms with van der Waals surface area (Å²) in [6, 6.07) is 0. The average Bonchev–Trinajstić information content (AvgIpc) is 3.25. The van der Waals surface area contributed by atoms with Gasteiger partial charge in [0.05, 0.1) is 24.1 Å². The normalized spacial score (nSPS) is 18.2. The molecule has 23 heavy (non-hydrogen) atoms. The molecule has 2 aromatic rings. The summed E-state index contributed by atoms with van der Waals surface area (Å²) in [4.78, 5) is 24.8. The van der Waals surface area contributed by atoms with Crippen molar-refractivity contribution >= 4 is 5.91 Å². The second-order valence-electron chi connectivity index (χ2n) is 6.18. The molecule has 0 aromatic carbocycles. The van der Waals surface area contributed by atoms with Crippen LogP contribution >= 0.6 is 0 Å². The standard InChI is InChI=1S/C16H20N6O/c23-16(13-9-17-4-5-18-13)22-8-3-12-14(19-20-15(12)11-22)10-21-6-1-2-7-21/h4-5,9H,1-3,6-8,10-11H2,(H,19,20). The fourth-order valence-electron chi connectivity index (χ4n) is 3.41. The summed E-state index contributed by atoms with van der Waals surface area (Å²) in [5, 5.41) is 7.63. The van der Waals surface area contributed by atoms with E-state index in [1.54, 1.807) is 12.4 Å². The van der Waals surface area contributed by atoms with Gasteiger partial charge in [0, 0.05) is 31.0 Å². The zero-order valence-corrected chi connectivity index (χ0v) is 13.0. The van der Waals surface area contributed by atoms with Gasteiger partial charge in [-0.3, -0.25) is 19.8 Å².